The van der Waals surface area contributed by atoms with Gasteiger partial charge in [-0.25, -0.2) is 8.42 Å². The first-order chi connectivity index (χ1) is 7.44. The van der Waals surface area contributed by atoms with Gasteiger partial charge in [0.05, 0.1) is 17.4 Å². The molecule has 2 unspecified atom stereocenters. The van der Waals surface area contributed by atoms with E-state index in [1.54, 1.807) is 0 Å². The lowest BCUT2D eigenvalue weighted by Gasteiger charge is -2.15. The number of carbonyl (C=O) groups excluding carboxylic acids is 1. The minimum Gasteiger partial charge on any atom is -0.353 e. The molecule has 6 heteroatoms. The van der Waals surface area contributed by atoms with E-state index in [9.17, 15) is 13.2 Å². The maximum Gasteiger partial charge on any atom is 0.224 e. The van der Waals surface area contributed by atoms with Gasteiger partial charge in [0.25, 0.3) is 0 Å². The molecule has 16 heavy (non-hydrogen) atoms. The number of hydrogen-bond acceptors (Lipinski definition) is 4. The summed E-state index contributed by atoms with van der Waals surface area (Å²) >= 11 is 0. The maximum atomic E-state index is 11.7. The monoisotopic (exact) mass is 248 g/mol. The summed E-state index contributed by atoms with van der Waals surface area (Å²) < 4.78 is 22.4. The molecule has 1 fully saturated rings. The van der Waals surface area contributed by atoms with Gasteiger partial charge >= 0.3 is 0 Å². The van der Waals surface area contributed by atoms with Crippen LogP contribution in [0.25, 0.3) is 0 Å². The molecule has 0 aromatic carbocycles. The Labute approximate surface area is 96.7 Å². The zero-order valence-electron chi connectivity index (χ0n) is 9.61. The summed E-state index contributed by atoms with van der Waals surface area (Å²) in [6, 6.07) is 0.0688. The lowest BCUT2D eigenvalue weighted by atomic mass is 10.1. The Morgan fingerprint density at radius 1 is 1.56 bits per heavy atom. The third-order valence-electron chi connectivity index (χ3n) is 2.83. The molecule has 0 bridgehead atoms. The Hall–Kier alpha value is -0.620. The Morgan fingerprint density at radius 2 is 2.25 bits per heavy atom. The van der Waals surface area contributed by atoms with Crippen molar-refractivity contribution in [1.82, 2.24) is 5.32 Å². The molecule has 2 atom stereocenters. The van der Waals surface area contributed by atoms with Gasteiger partial charge in [-0.2, -0.15) is 0 Å². The molecule has 0 saturated carbocycles. The number of rotatable bonds is 5. The van der Waals surface area contributed by atoms with Crippen molar-refractivity contribution in [3.8, 4) is 0 Å². The van der Waals surface area contributed by atoms with Crippen LogP contribution >= 0.6 is 0 Å². The van der Waals surface area contributed by atoms with E-state index in [4.69, 9.17) is 5.73 Å². The molecule has 1 aliphatic heterocycles. The Kier molecular flexibility index (Phi) is 4.73. The van der Waals surface area contributed by atoms with Gasteiger partial charge in [0, 0.05) is 6.04 Å². The summed E-state index contributed by atoms with van der Waals surface area (Å²) in [5, 5.41) is 2.84. The van der Waals surface area contributed by atoms with Crippen LogP contribution in [-0.4, -0.2) is 38.4 Å². The highest BCUT2D eigenvalue weighted by Gasteiger charge is 2.33. The van der Waals surface area contributed by atoms with Crippen molar-refractivity contribution in [1.29, 1.82) is 0 Å². The second kappa shape index (κ2) is 5.63. The minimum atomic E-state index is -2.97. The van der Waals surface area contributed by atoms with Crippen LogP contribution in [0.15, 0.2) is 0 Å². The number of amides is 1. The molecule has 0 spiro atoms. The Morgan fingerprint density at radius 3 is 2.75 bits per heavy atom. The zero-order valence-corrected chi connectivity index (χ0v) is 10.4. The average molecular weight is 248 g/mol. The molecule has 0 radical (unpaired) electrons. The van der Waals surface area contributed by atoms with Gasteiger partial charge in [-0.3, -0.25) is 4.79 Å². The van der Waals surface area contributed by atoms with Crippen LogP contribution in [0.3, 0.4) is 0 Å². The largest absolute Gasteiger partial charge is 0.353 e. The molecule has 1 amide bonds. The van der Waals surface area contributed by atoms with Gasteiger partial charge in [0.1, 0.15) is 0 Å². The molecule has 0 aromatic rings. The van der Waals surface area contributed by atoms with Gasteiger partial charge in [-0.1, -0.05) is 0 Å². The average Bonchev–Trinajstić information content (AvgIpc) is 2.56. The zero-order chi connectivity index (χ0) is 12.2. The van der Waals surface area contributed by atoms with E-state index in [1.165, 1.54) is 0 Å². The Balaban J connectivity index is 2.36. The second-order valence-corrected chi connectivity index (χ2v) is 6.67. The van der Waals surface area contributed by atoms with E-state index >= 15 is 0 Å². The van der Waals surface area contributed by atoms with Crippen LogP contribution in [0.1, 0.15) is 26.2 Å². The lowest BCUT2D eigenvalue weighted by molar-refractivity contribution is -0.124. The van der Waals surface area contributed by atoms with Gasteiger partial charge < -0.3 is 11.1 Å². The fourth-order valence-corrected chi connectivity index (χ4v) is 3.60. The van der Waals surface area contributed by atoms with Gasteiger partial charge in [-0.05, 0) is 32.7 Å². The first kappa shape index (κ1) is 13.4. The van der Waals surface area contributed by atoms with E-state index in [2.05, 4.69) is 5.32 Å². The molecular weight excluding hydrogens is 228 g/mol. The molecule has 1 aliphatic rings. The first-order valence-electron chi connectivity index (χ1n) is 5.65. The fraction of sp³-hybridized carbons (Fsp3) is 0.900. The fourth-order valence-electron chi connectivity index (χ4n) is 1.86. The van der Waals surface area contributed by atoms with Crippen molar-refractivity contribution in [2.45, 2.75) is 32.2 Å². The van der Waals surface area contributed by atoms with Crippen LogP contribution in [0.5, 0.6) is 0 Å². The number of sulfone groups is 1. The molecule has 0 aliphatic carbocycles. The van der Waals surface area contributed by atoms with Gasteiger partial charge in [0.2, 0.25) is 5.91 Å². The summed E-state index contributed by atoms with van der Waals surface area (Å²) in [6.45, 7) is 2.52. The number of hydrogen-bond donors (Lipinski definition) is 2. The van der Waals surface area contributed by atoms with E-state index in [0.717, 1.165) is 12.8 Å². The maximum absolute atomic E-state index is 11.7. The van der Waals surface area contributed by atoms with Crippen LogP contribution < -0.4 is 11.1 Å². The van der Waals surface area contributed by atoms with Gasteiger partial charge in [-0.15, -0.1) is 0 Å². The third-order valence-corrected chi connectivity index (χ3v) is 4.60. The minimum absolute atomic E-state index is 0.00242. The van der Waals surface area contributed by atoms with E-state index in [-0.39, 0.29) is 29.4 Å². The third kappa shape index (κ3) is 4.09. The standard InChI is InChI=1S/C10H20N2O3S/c1-8(3-2-5-11)12-10(13)9-4-6-16(14,15)7-9/h8-9H,2-7,11H2,1H3,(H,12,13). The van der Waals surface area contributed by atoms with Crippen molar-refractivity contribution < 1.29 is 13.2 Å². The topological polar surface area (TPSA) is 89.3 Å². The quantitative estimate of drug-likeness (QED) is 0.697. The summed E-state index contributed by atoms with van der Waals surface area (Å²) in [5.41, 5.74) is 5.37. The number of carbonyl (C=O) groups is 1. The van der Waals surface area contributed by atoms with Crippen molar-refractivity contribution in [3.05, 3.63) is 0 Å². The highest BCUT2D eigenvalue weighted by atomic mass is 32.2. The smallest absolute Gasteiger partial charge is 0.224 e. The highest BCUT2D eigenvalue weighted by molar-refractivity contribution is 7.91. The van der Waals surface area contributed by atoms with Crippen molar-refractivity contribution >= 4 is 15.7 Å². The first-order valence-corrected chi connectivity index (χ1v) is 7.47. The normalized spacial score (nSPS) is 25.2. The van der Waals surface area contributed by atoms with Crippen LogP contribution in [0.2, 0.25) is 0 Å². The van der Waals surface area contributed by atoms with Crippen LogP contribution in [0.4, 0.5) is 0 Å². The molecule has 1 rings (SSSR count). The molecule has 1 saturated heterocycles. The summed E-state index contributed by atoms with van der Waals surface area (Å²) in [5.74, 6) is -0.346. The Bertz CT molecular complexity index is 340. The van der Waals surface area contributed by atoms with E-state index in [1.807, 2.05) is 6.92 Å². The van der Waals surface area contributed by atoms with Gasteiger partial charge in [0.15, 0.2) is 9.84 Å². The molecule has 1 heterocycles. The molecule has 3 N–H and O–H groups in total. The van der Waals surface area contributed by atoms with Crippen molar-refractivity contribution in [2.75, 3.05) is 18.1 Å². The summed E-state index contributed by atoms with van der Waals surface area (Å²) in [7, 11) is -2.97. The summed E-state index contributed by atoms with van der Waals surface area (Å²) in [4.78, 5) is 11.7. The second-order valence-electron chi connectivity index (χ2n) is 4.44. The molecule has 94 valence electrons. The lowest BCUT2D eigenvalue weighted by Crippen LogP contribution is -2.37. The predicted octanol–water partition coefficient (Wildman–Crippen LogP) is -0.335. The van der Waals surface area contributed by atoms with Crippen LogP contribution in [0, 0.1) is 5.92 Å². The predicted molar refractivity (Wildman–Crippen MR) is 62.7 cm³/mol. The summed E-state index contributed by atoms with van der Waals surface area (Å²) in [6.07, 6.45) is 2.16. The molecule has 5 nitrogen and oxygen atoms in total. The molecule has 0 aromatic heterocycles. The van der Waals surface area contributed by atoms with Crippen molar-refractivity contribution in [2.24, 2.45) is 11.7 Å². The SMILES string of the molecule is CC(CCCN)NC(=O)C1CCS(=O)(=O)C1. The highest BCUT2D eigenvalue weighted by Crippen LogP contribution is 2.18. The molecular formula is C10H20N2O3S. The van der Waals surface area contributed by atoms with Crippen LogP contribution in [-0.2, 0) is 14.6 Å². The number of nitrogens with one attached hydrogen (secondary N) is 1. The van der Waals surface area contributed by atoms with Crippen molar-refractivity contribution in [3.63, 3.8) is 0 Å². The van der Waals surface area contributed by atoms with E-state index in [0.29, 0.717) is 13.0 Å². The van der Waals surface area contributed by atoms with E-state index < -0.39 is 9.84 Å². The number of nitrogens with two attached hydrogens (primary N) is 1.